The Balaban J connectivity index is 2.22. The van der Waals surface area contributed by atoms with Crippen molar-refractivity contribution >= 4 is 17.6 Å². The van der Waals surface area contributed by atoms with Crippen molar-refractivity contribution in [2.75, 3.05) is 5.32 Å². The third-order valence-electron chi connectivity index (χ3n) is 4.68. The van der Waals surface area contributed by atoms with Crippen LogP contribution in [-0.4, -0.2) is 22.0 Å². The molecule has 0 unspecified atom stereocenters. The van der Waals surface area contributed by atoms with Gasteiger partial charge >= 0.3 is 5.97 Å². The number of nitrogens with one attached hydrogen (secondary N) is 1. The summed E-state index contributed by atoms with van der Waals surface area (Å²) >= 11 is 0. The van der Waals surface area contributed by atoms with Gasteiger partial charge in [-0.25, -0.2) is 4.98 Å². The molecular weight excluding hydrogens is 320 g/mol. The Morgan fingerprint density at radius 1 is 1.24 bits per heavy atom. The molecule has 0 bridgehead atoms. The normalized spacial score (nSPS) is 11.4. The molecule has 0 atom stereocenters. The Kier molecular flexibility index (Phi) is 5.62. The van der Waals surface area contributed by atoms with Crippen molar-refractivity contribution < 1.29 is 19.1 Å². The molecular formula is C19H24N2O4. The molecule has 0 aliphatic heterocycles. The van der Waals surface area contributed by atoms with E-state index >= 15 is 0 Å². The lowest BCUT2D eigenvalue weighted by molar-refractivity contribution is -0.151. The van der Waals surface area contributed by atoms with E-state index < -0.39 is 11.4 Å². The largest absolute Gasteiger partial charge is 0.481 e. The first-order chi connectivity index (χ1) is 11.8. The molecule has 134 valence electrons. The number of carbonyl (C=O) groups is 2. The minimum absolute atomic E-state index is 0.0584. The van der Waals surface area contributed by atoms with Crippen molar-refractivity contribution in [3.63, 3.8) is 0 Å². The maximum Gasteiger partial charge on any atom is 0.310 e. The lowest BCUT2D eigenvalue weighted by Gasteiger charge is -2.26. The maximum atomic E-state index is 12.4. The number of oxazole rings is 1. The number of rotatable bonds is 7. The highest BCUT2D eigenvalue weighted by Gasteiger charge is 2.37. The van der Waals surface area contributed by atoms with Gasteiger partial charge in [0.25, 0.3) is 0 Å². The molecule has 0 spiro atoms. The van der Waals surface area contributed by atoms with E-state index in [0.717, 1.165) is 16.8 Å². The van der Waals surface area contributed by atoms with E-state index in [2.05, 4.69) is 10.3 Å². The van der Waals surface area contributed by atoms with Crippen molar-refractivity contribution in [2.45, 2.75) is 47.0 Å². The van der Waals surface area contributed by atoms with Crippen molar-refractivity contribution in [1.82, 2.24) is 4.98 Å². The predicted octanol–water partition coefficient (Wildman–Crippen LogP) is 4.18. The molecule has 1 aromatic heterocycles. The van der Waals surface area contributed by atoms with E-state index in [4.69, 9.17) is 4.42 Å². The topological polar surface area (TPSA) is 92.4 Å². The summed E-state index contributed by atoms with van der Waals surface area (Å²) < 4.78 is 5.40. The van der Waals surface area contributed by atoms with Crippen LogP contribution in [0.15, 0.2) is 28.9 Å². The van der Waals surface area contributed by atoms with Crippen molar-refractivity contribution in [3.8, 4) is 11.5 Å². The molecule has 6 heteroatoms. The molecule has 2 rings (SSSR count). The molecule has 2 N–H and O–H groups in total. The number of aryl methyl sites for hydroxylation is 2. The highest BCUT2D eigenvalue weighted by molar-refractivity contribution is 5.95. The molecule has 0 fully saturated rings. The number of anilines is 1. The van der Waals surface area contributed by atoms with Crippen LogP contribution >= 0.6 is 0 Å². The van der Waals surface area contributed by atoms with Gasteiger partial charge in [0.15, 0.2) is 0 Å². The minimum Gasteiger partial charge on any atom is -0.481 e. The fourth-order valence-electron chi connectivity index (χ4n) is 2.76. The molecule has 1 aromatic carbocycles. The fourth-order valence-corrected chi connectivity index (χ4v) is 2.76. The summed E-state index contributed by atoms with van der Waals surface area (Å²) in [6.07, 6.45) is 2.32. The predicted molar refractivity (Wildman–Crippen MR) is 95.3 cm³/mol. The molecule has 0 saturated heterocycles. The van der Waals surface area contributed by atoms with Crippen LogP contribution in [0.1, 0.15) is 44.4 Å². The summed E-state index contributed by atoms with van der Waals surface area (Å²) in [5.41, 5.74) is 2.01. The number of benzene rings is 1. The zero-order chi connectivity index (χ0) is 18.6. The summed E-state index contributed by atoms with van der Waals surface area (Å²) in [4.78, 5) is 28.3. The second kappa shape index (κ2) is 7.51. The molecule has 25 heavy (non-hydrogen) atoms. The van der Waals surface area contributed by atoms with E-state index in [-0.39, 0.29) is 12.3 Å². The zero-order valence-electron chi connectivity index (χ0n) is 15.0. The van der Waals surface area contributed by atoms with Gasteiger partial charge in [-0.15, -0.1) is 0 Å². The van der Waals surface area contributed by atoms with Crippen molar-refractivity contribution in [1.29, 1.82) is 0 Å². The number of aromatic nitrogens is 1. The smallest absolute Gasteiger partial charge is 0.310 e. The molecule has 0 radical (unpaired) electrons. The Morgan fingerprint density at radius 2 is 1.92 bits per heavy atom. The first kappa shape index (κ1) is 18.7. The summed E-state index contributed by atoms with van der Waals surface area (Å²) in [7, 11) is 0. The summed E-state index contributed by atoms with van der Waals surface area (Å²) in [5.74, 6) is -0.765. The van der Waals surface area contributed by atoms with Crippen LogP contribution in [-0.2, 0) is 9.59 Å². The van der Waals surface area contributed by atoms with Crippen LogP contribution < -0.4 is 5.32 Å². The van der Waals surface area contributed by atoms with E-state index in [9.17, 15) is 14.7 Å². The Morgan fingerprint density at radius 3 is 2.44 bits per heavy atom. The van der Waals surface area contributed by atoms with E-state index in [0.29, 0.717) is 24.4 Å². The lowest BCUT2D eigenvalue weighted by atomic mass is 9.79. The quantitative estimate of drug-likeness (QED) is 0.786. The van der Waals surface area contributed by atoms with Gasteiger partial charge in [-0.1, -0.05) is 19.9 Å². The Labute approximate surface area is 147 Å². The summed E-state index contributed by atoms with van der Waals surface area (Å²) in [5, 5.41) is 12.3. The zero-order valence-corrected chi connectivity index (χ0v) is 15.0. The number of carbonyl (C=O) groups excluding carboxylic acids is 1. The molecule has 1 heterocycles. The highest BCUT2D eigenvalue weighted by atomic mass is 16.4. The SMILES string of the molecule is CCC(CC)(CC(=O)Nc1cc(-c2nc(C)co2)ccc1C)C(=O)O. The van der Waals surface area contributed by atoms with Gasteiger partial charge in [-0.3, -0.25) is 9.59 Å². The number of amides is 1. The molecule has 0 aliphatic rings. The average Bonchev–Trinajstić information content (AvgIpc) is 3.01. The second-order valence-electron chi connectivity index (χ2n) is 6.34. The van der Waals surface area contributed by atoms with Gasteiger partial charge in [-0.05, 0) is 44.4 Å². The third kappa shape index (κ3) is 4.07. The van der Waals surface area contributed by atoms with Gasteiger partial charge in [0.05, 0.1) is 11.1 Å². The van der Waals surface area contributed by atoms with Crippen LogP contribution in [0, 0.1) is 19.3 Å². The number of aliphatic carboxylic acids is 1. The lowest BCUT2D eigenvalue weighted by Crippen LogP contribution is -2.34. The van der Waals surface area contributed by atoms with Crippen LogP contribution in [0.25, 0.3) is 11.5 Å². The number of nitrogens with zero attached hydrogens (tertiary/aromatic N) is 1. The first-order valence-corrected chi connectivity index (χ1v) is 8.37. The fraction of sp³-hybridized carbons (Fsp3) is 0.421. The number of carboxylic acids is 1. The van der Waals surface area contributed by atoms with Crippen LogP contribution in [0.4, 0.5) is 5.69 Å². The molecule has 2 aromatic rings. The van der Waals surface area contributed by atoms with Gasteiger partial charge in [0.1, 0.15) is 6.26 Å². The van der Waals surface area contributed by atoms with Crippen LogP contribution in [0.3, 0.4) is 0 Å². The van der Waals surface area contributed by atoms with E-state index in [1.807, 2.05) is 26.0 Å². The minimum atomic E-state index is -1.03. The molecule has 1 amide bonds. The standard InChI is InChI=1S/C19H24N2O4/c1-5-19(6-2,18(23)24)10-16(22)21-15-9-14(8-7-12(15)3)17-20-13(4)11-25-17/h7-9,11H,5-6,10H2,1-4H3,(H,21,22)(H,23,24). The Hall–Kier alpha value is -2.63. The molecule has 6 nitrogen and oxygen atoms in total. The summed E-state index contributed by atoms with van der Waals surface area (Å²) in [6.45, 7) is 7.30. The van der Waals surface area contributed by atoms with Crippen molar-refractivity contribution in [2.24, 2.45) is 5.41 Å². The number of hydrogen-bond acceptors (Lipinski definition) is 4. The van der Waals surface area contributed by atoms with Gasteiger partial charge in [0.2, 0.25) is 11.8 Å². The second-order valence-corrected chi connectivity index (χ2v) is 6.34. The Bertz CT molecular complexity index is 775. The third-order valence-corrected chi connectivity index (χ3v) is 4.68. The monoisotopic (exact) mass is 344 g/mol. The maximum absolute atomic E-state index is 12.4. The van der Waals surface area contributed by atoms with Gasteiger partial charge < -0.3 is 14.8 Å². The summed E-state index contributed by atoms with van der Waals surface area (Å²) in [6, 6.07) is 5.53. The first-order valence-electron chi connectivity index (χ1n) is 8.37. The van der Waals surface area contributed by atoms with Crippen LogP contribution in [0.2, 0.25) is 0 Å². The highest BCUT2D eigenvalue weighted by Crippen LogP contribution is 2.32. The number of carboxylic acid groups (broad SMARTS) is 1. The van der Waals surface area contributed by atoms with E-state index in [1.54, 1.807) is 26.2 Å². The average molecular weight is 344 g/mol. The van der Waals surface area contributed by atoms with Crippen molar-refractivity contribution in [3.05, 3.63) is 35.7 Å². The van der Waals surface area contributed by atoms with Gasteiger partial charge in [-0.2, -0.15) is 0 Å². The molecule has 0 saturated carbocycles. The van der Waals surface area contributed by atoms with Gasteiger partial charge in [0, 0.05) is 17.7 Å². The number of hydrogen-bond donors (Lipinski definition) is 2. The van der Waals surface area contributed by atoms with Crippen LogP contribution in [0.5, 0.6) is 0 Å². The molecule has 0 aliphatic carbocycles. The van der Waals surface area contributed by atoms with E-state index in [1.165, 1.54) is 0 Å².